The number of nitrogens with one attached hydrogen (secondary N) is 2. The predicted octanol–water partition coefficient (Wildman–Crippen LogP) is 3.84. The number of amides is 2. The van der Waals surface area contributed by atoms with Crippen LogP contribution in [0.5, 0.6) is 5.75 Å². The van der Waals surface area contributed by atoms with E-state index in [9.17, 15) is 9.59 Å². The van der Waals surface area contributed by atoms with E-state index >= 15 is 0 Å². The Bertz CT molecular complexity index is 797. The van der Waals surface area contributed by atoms with Crippen LogP contribution >= 0.6 is 0 Å². The molecular formula is C20H22N2O3. The first-order valence-electron chi connectivity index (χ1n) is 8.51. The van der Waals surface area contributed by atoms with Gasteiger partial charge in [0.2, 0.25) is 0 Å². The molecule has 2 amide bonds. The van der Waals surface area contributed by atoms with Crippen molar-refractivity contribution in [1.29, 1.82) is 0 Å². The average Bonchev–Trinajstić information content (AvgIpc) is 2.64. The van der Waals surface area contributed by atoms with Gasteiger partial charge in [-0.1, -0.05) is 17.7 Å². The van der Waals surface area contributed by atoms with Crippen LogP contribution in [0.2, 0.25) is 0 Å². The first kappa shape index (κ1) is 17.0. The number of anilines is 1. The second kappa shape index (κ2) is 7.38. The van der Waals surface area contributed by atoms with Gasteiger partial charge in [0.25, 0.3) is 5.91 Å². The summed E-state index contributed by atoms with van der Waals surface area (Å²) in [6.45, 7) is 1.99. The molecule has 0 aromatic heterocycles. The Kier molecular flexibility index (Phi) is 5.03. The molecule has 2 N–H and O–H groups in total. The van der Waals surface area contributed by atoms with Crippen molar-refractivity contribution in [2.75, 3.05) is 12.4 Å². The molecule has 25 heavy (non-hydrogen) atoms. The summed E-state index contributed by atoms with van der Waals surface area (Å²) in [6.07, 6.45) is 3.33. The second-order valence-electron chi connectivity index (χ2n) is 6.24. The Morgan fingerprint density at radius 1 is 0.960 bits per heavy atom. The number of rotatable bonds is 3. The van der Waals surface area contributed by atoms with Crippen molar-refractivity contribution in [3.63, 3.8) is 0 Å². The summed E-state index contributed by atoms with van der Waals surface area (Å²) in [5.74, 6) is 0.440. The predicted molar refractivity (Wildman–Crippen MR) is 97.3 cm³/mol. The van der Waals surface area contributed by atoms with Gasteiger partial charge >= 0.3 is 6.09 Å². The molecule has 0 atom stereocenters. The van der Waals surface area contributed by atoms with E-state index in [2.05, 4.69) is 10.6 Å². The zero-order valence-electron chi connectivity index (χ0n) is 14.5. The number of hydrogen-bond acceptors (Lipinski definition) is 3. The number of benzene rings is 2. The molecule has 1 aliphatic carbocycles. The average molecular weight is 338 g/mol. The standard InChI is InChI=1S/C20H22N2O3/c1-13-7-9-14(10-8-13)19(23)22-17-11-12-18(25-20(24)21-2)16-6-4-3-5-15(16)17/h7-12H,3-6H2,1-2H3,(H,21,24)(H,22,23). The number of fused-ring (bicyclic) bond motifs is 1. The van der Waals surface area contributed by atoms with Gasteiger partial charge in [0.15, 0.2) is 0 Å². The summed E-state index contributed by atoms with van der Waals surface area (Å²) >= 11 is 0. The minimum absolute atomic E-state index is 0.132. The van der Waals surface area contributed by atoms with E-state index < -0.39 is 6.09 Å². The lowest BCUT2D eigenvalue weighted by Gasteiger charge is -2.22. The fraction of sp³-hybridized carbons (Fsp3) is 0.300. The van der Waals surface area contributed by atoms with Crippen molar-refractivity contribution in [1.82, 2.24) is 5.32 Å². The Balaban J connectivity index is 1.87. The molecule has 0 radical (unpaired) electrons. The summed E-state index contributed by atoms with van der Waals surface area (Å²) in [4.78, 5) is 24.1. The largest absolute Gasteiger partial charge is 0.412 e. The molecule has 0 spiro atoms. The molecule has 5 heteroatoms. The third-order valence-corrected chi connectivity index (χ3v) is 4.46. The highest BCUT2D eigenvalue weighted by Crippen LogP contribution is 2.35. The van der Waals surface area contributed by atoms with Gasteiger partial charge < -0.3 is 15.4 Å². The summed E-state index contributed by atoms with van der Waals surface area (Å²) < 4.78 is 5.36. The van der Waals surface area contributed by atoms with E-state index in [1.165, 1.54) is 7.05 Å². The van der Waals surface area contributed by atoms with Crippen LogP contribution in [0, 0.1) is 6.92 Å². The maximum Gasteiger partial charge on any atom is 0.412 e. The van der Waals surface area contributed by atoms with Gasteiger partial charge in [-0.05, 0) is 62.4 Å². The van der Waals surface area contributed by atoms with Gasteiger partial charge in [-0.3, -0.25) is 4.79 Å². The summed E-state index contributed by atoms with van der Waals surface area (Å²) in [5.41, 5.74) is 4.61. The molecule has 0 saturated carbocycles. The Morgan fingerprint density at radius 3 is 2.32 bits per heavy atom. The van der Waals surface area contributed by atoms with Gasteiger partial charge in [0, 0.05) is 23.9 Å². The lowest BCUT2D eigenvalue weighted by atomic mass is 9.89. The van der Waals surface area contributed by atoms with E-state index in [0.29, 0.717) is 11.3 Å². The van der Waals surface area contributed by atoms with E-state index in [0.717, 1.165) is 48.1 Å². The van der Waals surface area contributed by atoms with Crippen molar-refractivity contribution in [3.8, 4) is 5.75 Å². The molecule has 0 fully saturated rings. The van der Waals surface area contributed by atoms with Crippen LogP contribution in [0.15, 0.2) is 36.4 Å². The lowest BCUT2D eigenvalue weighted by Crippen LogP contribution is -2.23. The van der Waals surface area contributed by atoms with Crippen LogP contribution in [-0.4, -0.2) is 19.0 Å². The Hall–Kier alpha value is -2.82. The second-order valence-corrected chi connectivity index (χ2v) is 6.24. The summed E-state index contributed by atoms with van der Waals surface area (Å²) in [5, 5.41) is 5.47. The molecule has 1 aliphatic rings. The zero-order valence-corrected chi connectivity index (χ0v) is 14.5. The number of hydrogen-bond donors (Lipinski definition) is 2. The molecule has 3 rings (SSSR count). The van der Waals surface area contributed by atoms with Gasteiger partial charge in [0.1, 0.15) is 5.75 Å². The van der Waals surface area contributed by atoms with E-state index in [1.807, 2.05) is 37.3 Å². The van der Waals surface area contributed by atoms with Crippen LogP contribution in [0.4, 0.5) is 10.5 Å². The molecule has 0 heterocycles. The van der Waals surface area contributed by atoms with Crippen LogP contribution in [-0.2, 0) is 12.8 Å². The number of carbonyl (C=O) groups excluding carboxylic acids is 2. The van der Waals surface area contributed by atoms with Crippen LogP contribution in [0.3, 0.4) is 0 Å². The quantitative estimate of drug-likeness (QED) is 0.893. The van der Waals surface area contributed by atoms with Gasteiger partial charge in [-0.2, -0.15) is 0 Å². The molecule has 0 saturated heterocycles. The number of aryl methyl sites for hydroxylation is 1. The van der Waals surface area contributed by atoms with Crippen molar-refractivity contribution in [2.45, 2.75) is 32.6 Å². The fourth-order valence-corrected chi connectivity index (χ4v) is 3.10. The van der Waals surface area contributed by atoms with Crippen molar-refractivity contribution in [2.24, 2.45) is 0 Å². The highest BCUT2D eigenvalue weighted by Gasteiger charge is 2.20. The van der Waals surface area contributed by atoms with Gasteiger partial charge in [-0.25, -0.2) is 4.79 Å². The molecule has 0 bridgehead atoms. The molecule has 2 aromatic rings. The molecule has 0 unspecified atom stereocenters. The highest BCUT2D eigenvalue weighted by atomic mass is 16.6. The summed E-state index contributed by atoms with van der Waals surface area (Å²) in [7, 11) is 1.53. The minimum atomic E-state index is -0.482. The number of carbonyl (C=O) groups is 2. The monoisotopic (exact) mass is 338 g/mol. The molecule has 0 aliphatic heterocycles. The van der Waals surface area contributed by atoms with Crippen molar-refractivity contribution < 1.29 is 14.3 Å². The van der Waals surface area contributed by atoms with Crippen molar-refractivity contribution >= 4 is 17.7 Å². The lowest BCUT2D eigenvalue weighted by molar-refractivity contribution is 0.102. The fourth-order valence-electron chi connectivity index (χ4n) is 3.10. The molecular weight excluding hydrogens is 316 g/mol. The first-order chi connectivity index (χ1) is 12.1. The van der Waals surface area contributed by atoms with Crippen LogP contribution in [0.1, 0.15) is 39.9 Å². The topological polar surface area (TPSA) is 67.4 Å². The van der Waals surface area contributed by atoms with Gasteiger partial charge in [0.05, 0.1) is 0 Å². The number of ether oxygens (including phenoxy) is 1. The zero-order chi connectivity index (χ0) is 17.8. The van der Waals surface area contributed by atoms with E-state index in [4.69, 9.17) is 4.74 Å². The molecule has 5 nitrogen and oxygen atoms in total. The third kappa shape index (κ3) is 3.82. The molecule has 2 aromatic carbocycles. The molecule has 130 valence electrons. The van der Waals surface area contributed by atoms with Crippen LogP contribution in [0.25, 0.3) is 0 Å². The normalized spacial score (nSPS) is 12.9. The Morgan fingerprint density at radius 2 is 1.64 bits per heavy atom. The highest BCUT2D eigenvalue weighted by molar-refractivity contribution is 6.04. The van der Waals surface area contributed by atoms with E-state index in [1.54, 1.807) is 6.07 Å². The SMILES string of the molecule is CNC(=O)Oc1ccc(NC(=O)c2ccc(C)cc2)c2c1CCCC2. The third-order valence-electron chi connectivity index (χ3n) is 4.46. The minimum Gasteiger partial charge on any atom is -0.410 e. The van der Waals surface area contributed by atoms with Crippen LogP contribution < -0.4 is 15.4 Å². The Labute approximate surface area is 147 Å². The van der Waals surface area contributed by atoms with Gasteiger partial charge in [-0.15, -0.1) is 0 Å². The maximum atomic E-state index is 12.5. The van der Waals surface area contributed by atoms with E-state index in [-0.39, 0.29) is 5.91 Å². The van der Waals surface area contributed by atoms with Crippen molar-refractivity contribution in [3.05, 3.63) is 58.7 Å². The smallest absolute Gasteiger partial charge is 0.410 e. The summed E-state index contributed by atoms with van der Waals surface area (Å²) in [6, 6.07) is 11.0. The first-order valence-corrected chi connectivity index (χ1v) is 8.51. The maximum absolute atomic E-state index is 12.5.